The number of aliphatic carboxylic acids is 1. The molecule has 0 amide bonds. The normalized spacial score (nSPS) is 12.1. The van der Waals surface area contributed by atoms with Gasteiger partial charge in [0.15, 0.2) is 6.10 Å². The number of nitrogens with zero attached hydrogens (tertiary/aromatic N) is 1. The molecule has 1 N–H and O–H groups in total. The molecule has 0 saturated heterocycles. The average molecular weight is 479 g/mol. The summed E-state index contributed by atoms with van der Waals surface area (Å²) < 4.78 is 49.3. The fourth-order valence-corrected chi connectivity index (χ4v) is 3.75. The van der Waals surface area contributed by atoms with Gasteiger partial charge in [-0.05, 0) is 62.1 Å². The van der Waals surface area contributed by atoms with E-state index in [-0.39, 0.29) is 12.2 Å². The van der Waals surface area contributed by atoms with Crippen LogP contribution in [0.25, 0.3) is 10.9 Å². The summed E-state index contributed by atoms with van der Waals surface area (Å²) in [5.41, 5.74) is 4.37. The Hall–Kier alpha value is -3.33. The van der Waals surface area contributed by atoms with Gasteiger partial charge in [0, 0.05) is 36.7 Å². The molecule has 34 heavy (non-hydrogen) atoms. The molecule has 0 spiro atoms. The van der Waals surface area contributed by atoms with Gasteiger partial charge in [-0.1, -0.05) is 24.3 Å². The van der Waals surface area contributed by atoms with Gasteiger partial charge < -0.3 is 23.9 Å². The first-order chi connectivity index (χ1) is 16.0. The predicted molar refractivity (Wildman–Crippen MR) is 122 cm³/mol. The second-order valence-electron chi connectivity index (χ2n) is 7.57. The van der Waals surface area contributed by atoms with Crippen molar-refractivity contribution in [2.75, 3.05) is 6.61 Å². The monoisotopic (exact) mass is 479 g/mol. The third kappa shape index (κ3) is 7.08. The first-order valence-corrected chi connectivity index (χ1v) is 10.7. The Balaban J connectivity index is 0.00000129. The maximum absolute atomic E-state index is 12.7. The van der Waals surface area contributed by atoms with Crippen molar-refractivity contribution in [3.8, 4) is 5.75 Å². The SMILES string of the molecule is CC=O.CCOC(Cc1cccc(Cc2c(C)n(C)c3ccc(OC(F)(F)F)cc23)c1)C(=O)O. The molecule has 6 nitrogen and oxygen atoms in total. The van der Waals surface area contributed by atoms with E-state index in [9.17, 15) is 23.1 Å². The third-order valence-electron chi connectivity index (χ3n) is 5.26. The zero-order valence-corrected chi connectivity index (χ0v) is 19.5. The second-order valence-corrected chi connectivity index (χ2v) is 7.57. The number of aryl methyl sites for hydroxylation is 1. The maximum Gasteiger partial charge on any atom is 0.573 e. The van der Waals surface area contributed by atoms with Crippen molar-refractivity contribution in [2.45, 2.75) is 46.1 Å². The average Bonchev–Trinajstić information content (AvgIpc) is 2.97. The molecule has 3 aromatic rings. The van der Waals surface area contributed by atoms with Crippen LogP contribution in [0.4, 0.5) is 13.2 Å². The molecule has 2 aromatic carbocycles. The van der Waals surface area contributed by atoms with Crippen LogP contribution in [-0.2, 0) is 34.2 Å². The Morgan fingerprint density at radius 1 is 1.18 bits per heavy atom. The van der Waals surface area contributed by atoms with Crippen molar-refractivity contribution in [1.29, 1.82) is 0 Å². The van der Waals surface area contributed by atoms with Crippen LogP contribution < -0.4 is 4.74 Å². The number of aromatic nitrogens is 1. The molecule has 1 atom stereocenters. The molecule has 1 heterocycles. The number of rotatable bonds is 8. The predicted octanol–water partition coefficient (Wildman–Crippen LogP) is 5.21. The van der Waals surface area contributed by atoms with E-state index in [1.54, 1.807) is 13.0 Å². The van der Waals surface area contributed by atoms with Crippen LogP contribution in [0, 0.1) is 6.92 Å². The van der Waals surface area contributed by atoms with Gasteiger partial charge in [-0.15, -0.1) is 13.2 Å². The molecule has 9 heteroatoms. The van der Waals surface area contributed by atoms with Gasteiger partial charge in [0.05, 0.1) is 0 Å². The minimum Gasteiger partial charge on any atom is -0.479 e. The molecular weight excluding hydrogens is 451 g/mol. The maximum atomic E-state index is 12.7. The van der Waals surface area contributed by atoms with Crippen molar-refractivity contribution in [1.82, 2.24) is 4.57 Å². The zero-order chi connectivity index (χ0) is 25.5. The van der Waals surface area contributed by atoms with Crippen LogP contribution in [0.3, 0.4) is 0 Å². The number of carboxylic acid groups (broad SMARTS) is 1. The van der Waals surface area contributed by atoms with Crippen LogP contribution in [0.1, 0.15) is 36.2 Å². The number of fused-ring (bicyclic) bond motifs is 1. The van der Waals surface area contributed by atoms with Gasteiger partial charge >= 0.3 is 12.3 Å². The van der Waals surface area contributed by atoms with Gasteiger partial charge in [-0.25, -0.2) is 4.79 Å². The number of halogens is 3. The Labute approximate surface area is 195 Å². The summed E-state index contributed by atoms with van der Waals surface area (Å²) in [6.07, 6.45) is -4.22. The van der Waals surface area contributed by atoms with Gasteiger partial charge in [0.1, 0.15) is 12.0 Å². The highest BCUT2D eigenvalue weighted by Crippen LogP contribution is 2.32. The lowest BCUT2D eigenvalue weighted by atomic mass is 9.98. The molecule has 1 unspecified atom stereocenters. The summed E-state index contributed by atoms with van der Waals surface area (Å²) in [4.78, 5) is 20.2. The fourth-order valence-electron chi connectivity index (χ4n) is 3.75. The van der Waals surface area contributed by atoms with Crippen LogP contribution in [0.15, 0.2) is 42.5 Å². The first kappa shape index (κ1) is 26.9. The molecule has 184 valence electrons. The highest BCUT2D eigenvalue weighted by atomic mass is 19.4. The summed E-state index contributed by atoms with van der Waals surface area (Å²) in [6.45, 7) is 5.40. The molecule has 3 rings (SSSR count). The quantitative estimate of drug-likeness (QED) is 0.449. The fraction of sp³-hybridized carbons (Fsp3) is 0.360. The lowest BCUT2D eigenvalue weighted by Gasteiger charge is -2.13. The number of carboxylic acids is 1. The van der Waals surface area contributed by atoms with Crippen LogP contribution in [0.2, 0.25) is 0 Å². The number of carbonyl (C=O) groups is 2. The third-order valence-corrected chi connectivity index (χ3v) is 5.26. The summed E-state index contributed by atoms with van der Waals surface area (Å²) >= 11 is 0. The Bertz CT molecular complexity index is 1140. The summed E-state index contributed by atoms with van der Waals surface area (Å²) in [7, 11) is 1.86. The van der Waals surface area contributed by atoms with Gasteiger partial charge in [-0.2, -0.15) is 0 Å². The second kappa shape index (κ2) is 11.7. The highest BCUT2D eigenvalue weighted by molar-refractivity contribution is 5.87. The van der Waals surface area contributed by atoms with Gasteiger partial charge in [0.25, 0.3) is 0 Å². The smallest absolute Gasteiger partial charge is 0.479 e. The lowest BCUT2D eigenvalue weighted by molar-refractivity contribution is -0.274. The lowest BCUT2D eigenvalue weighted by Crippen LogP contribution is -2.26. The van der Waals surface area contributed by atoms with Crippen LogP contribution in [0.5, 0.6) is 5.75 Å². The Morgan fingerprint density at radius 3 is 2.41 bits per heavy atom. The number of hydrogen-bond donors (Lipinski definition) is 1. The van der Waals surface area contributed by atoms with E-state index in [2.05, 4.69) is 4.74 Å². The van der Waals surface area contributed by atoms with Crippen molar-refractivity contribution in [2.24, 2.45) is 7.05 Å². The number of benzene rings is 2. The van der Waals surface area contributed by atoms with E-state index in [0.717, 1.165) is 34.2 Å². The van der Waals surface area contributed by atoms with Crippen molar-refractivity contribution in [3.05, 3.63) is 64.8 Å². The van der Waals surface area contributed by atoms with E-state index in [0.29, 0.717) is 18.4 Å². The van der Waals surface area contributed by atoms with E-state index in [1.807, 2.05) is 42.8 Å². The molecule has 0 aliphatic carbocycles. The Kier molecular flexibility index (Phi) is 9.26. The standard InChI is InChI=1S/C23H24F3NO4.C2H4O/c1-4-30-21(22(28)29)12-16-7-5-6-15(10-16)11-18-14(2)27(3)20-9-8-17(13-19(18)20)31-23(24,25)26;1-2-3/h5-10,13,21H,4,11-12H2,1-3H3,(H,28,29);2H,1H3. The molecule has 0 bridgehead atoms. The van der Waals surface area contributed by atoms with E-state index in [4.69, 9.17) is 9.53 Å². The van der Waals surface area contributed by atoms with Crippen molar-refractivity contribution in [3.63, 3.8) is 0 Å². The molecule has 0 radical (unpaired) electrons. The number of carbonyl (C=O) groups excluding carboxylic acids is 1. The summed E-state index contributed by atoms with van der Waals surface area (Å²) in [5.74, 6) is -1.28. The Morgan fingerprint density at radius 2 is 1.82 bits per heavy atom. The number of ether oxygens (including phenoxy) is 2. The summed E-state index contributed by atoms with van der Waals surface area (Å²) in [6, 6.07) is 11.8. The van der Waals surface area contributed by atoms with E-state index >= 15 is 0 Å². The minimum atomic E-state index is -4.76. The van der Waals surface area contributed by atoms with E-state index < -0.39 is 18.4 Å². The number of alkyl halides is 3. The first-order valence-electron chi connectivity index (χ1n) is 10.7. The zero-order valence-electron chi connectivity index (χ0n) is 19.5. The molecule has 0 aliphatic heterocycles. The van der Waals surface area contributed by atoms with Crippen molar-refractivity contribution < 1.29 is 37.3 Å². The van der Waals surface area contributed by atoms with E-state index in [1.165, 1.54) is 19.1 Å². The van der Waals surface area contributed by atoms with Crippen LogP contribution >= 0.6 is 0 Å². The number of aldehydes is 1. The topological polar surface area (TPSA) is 77.8 Å². The molecule has 0 fully saturated rings. The minimum absolute atomic E-state index is 0.231. The molecule has 1 aromatic heterocycles. The molecule has 0 aliphatic rings. The largest absolute Gasteiger partial charge is 0.573 e. The van der Waals surface area contributed by atoms with Gasteiger partial charge in [-0.3, -0.25) is 0 Å². The summed E-state index contributed by atoms with van der Waals surface area (Å²) in [5, 5.41) is 10.00. The highest BCUT2D eigenvalue weighted by Gasteiger charge is 2.31. The van der Waals surface area contributed by atoms with Crippen LogP contribution in [-0.4, -0.2) is 41.0 Å². The molecular formula is C25H28F3NO5. The molecule has 0 saturated carbocycles. The van der Waals surface area contributed by atoms with Gasteiger partial charge in [0.2, 0.25) is 0 Å². The van der Waals surface area contributed by atoms with Crippen molar-refractivity contribution >= 4 is 23.2 Å². The number of hydrogen-bond acceptors (Lipinski definition) is 4.